The number of phenolic OH excluding ortho intramolecular Hbond substituents is 1. The average Bonchev–Trinajstić information content (AvgIpc) is 2.27. The third kappa shape index (κ3) is 7.24. The van der Waals surface area contributed by atoms with Crippen LogP contribution in [-0.4, -0.2) is 30.1 Å². The van der Waals surface area contributed by atoms with Crippen LogP contribution in [0.1, 0.15) is 32.3 Å². The second-order valence-corrected chi connectivity index (χ2v) is 4.62. The van der Waals surface area contributed by atoms with Crippen molar-refractivity contribution >= 4 is 11.6 Å². The maximum absolute atomic E-state index is 9.07. The lowest BCUT2D eigenvalue weighted by Crippen LogP contribution is -2.19. The van der Waals surface area contributed by atoms with Crippen molar-refractivity contribution in [3.05, 3.63) is 28.8 Å². The lowest BCUT2D eigenvalue weighted by atomic mass is 10.2. The van der Waals surface area contributed by atoms with Gasteiger partial charge in [-0.05, 0) is 51.5 Å². The highest BCUT2D eigenvalue weighted by Crippen LogP contribution is 2.25. The zero-order valence-electron chi connectivity index (χ0n) is 11.3. The maximum atomic E-state index is 9.07. The van der Waals surface area contributed by atoms with Gasteiger partial charge in [-0.3, -0.25) is 0 Å². The molecule has 98 valence electrons. The first kappa shape index (κ1) is 16.3. The van der Waals surface area contributed by atoms with E-state index in [4.69, 9.17) is 16.7 Å². The second kappa shape index (κ2) is 9.32. The number of rotatable bonds is 4. The van der Waals surface area contributed by atoms with E-state index in [0.717, 1.165) is 5.56 Å². The number of para-hydroxylation sites is 1. The van der Waals surface area contributed by atoms with Gasteiger partial charge in [0.05, 0.1) is 5.02 Å². The van der Waals surface area contributed by atoms with Crippen LogP contribution in [0.25, 0.3) is 0 Å². The Balaban J connectivity index is 0.000000304. The van der Waals surface area contributed by atoms with Gasteiger partial charge in [-0.2, -0.15) is 0 Å². The van der Waals surface area contributed by atoms with E-state index in [0.29, 0.717) is 5.02 Å². The predicted octanol–water partition coefficient (Wildman–Crippen LogP) is 4.09. The van der Waals surface area contributed by atoms with E-state index in [2.05, 4.69) is 25.8 Å². The number of nitrogens with zero attached hydrogens (tertiary/aromatic N) is 1. The topological polar surface area (TPSA) is 23.5 Å². The van der Waals surface area contributed by atoms with Crippen LogP contribution in [0.3, 0.4) is 0 Å². The number of aromatic hydroxyl groups is 1. The van der Waals surface area contributed by atoms with Crippen LogP contribution in [0.2, 0.25) is 5.02 Å². The minimum absolute atomic E-state index is 0.180. The Morgan fingerprint density at radius 1 is 1.18 bits per heavy atom. The first-order valence-corrected chi connectivity index (χ1v) is 6.53. The molecule has 1 N–H and O–H groups in total. The molecular formula is C14H24ClNO. The van der Waals surface area contributed by atoms with Crippen LogP contribution < -0.4 is 0 Å². The quantitative estimate of drug-likeness (QED) is 0.878. The van der Waals surface area contributed by atoms with Gasteiger partial charge in [0.2, 0.25) is 0 Å². The van der Waals surface area contributed by atoms with E-state index in [1.165, 1.54) is 25.9 Å². The first-order chi connectivity index (χ1) is 8.02. The maximum Gasteiger partial charge on any atom is 0.137 e. The SMILES string of the molecule is CCCN(C)CCC.Cc1cccc(Cl)c1O. The zero-order valence-corrected chi connectivity index (χ0v) is 12.1. The normalized spacial score (nSPS) is 10.0. The van der Waals surface area contributed by atoms with E-state index in [9.17, 15) is 0 Å². The molecule has 0 saturated carbocycles. The fraction of sp³-hybridized carbons (Fsp3) is 0.571. The standard InChI is InChI=1S/C7H7ClO.C7H17N/c1-5-3-2-4-6(8)7(5)9;1-4-6-8(3)7-5-2/h2-4,9H,1H3;4-7H2,1-3H3. The second-order valence-electron chi connectivity index (χ2n) is 4.21. The molecule has 1 rings (SSSR count). The van der Waals surface area contributed by atoms with E-state index >= 15 is 0 Å². The molecule has 2 nitrogen and oxygen atoms in total. The predicted molar refractivity (Wildman–Crippen MR) is 75.9 cm³/mol. The molecule has 0 bridgehead atoms. The molecule has 0 fully saturated rings. The van der Waals surface area contributed by atoms with Crippen molar-refractivity contribution in [1.82, 2.24) is 4.90 Å². The van der Waals surface area contributed by atoms with Gasteiger partial charge in [-0.15, -0.1) is 0 Å². The minimum atomic E-state index is 0.180. The molecule has 17 heavy (non-hydrogen) atoms. The van der Waals surface area contributed by atoms with Gasteiger partial charge in [0, 0.05) is 0 Å². The summed E-state index contributed by atoms with van der Waals surface area (Å²) >= 11 is 5.56. The smallest absolute Gasteiger partial charge is 0.137 e. The molecule has 3 heteroatoms. The number of hydrogen-bond donors (Lipinski definition) is 1. The zero-order chi connectivity index (χ0) is 13.3. The largest absolute Gasteiger partial charge is 0.506 e. The molecule has 0 atom stereocenters. The number of aryl methyl sites for hydroxylation is 1. The summed E-state index contributed by atoms with van der Waals surface area (Å²) in [7, 11) is 2.17. The van der Waals surface area contributed by atoms with Crippen molar-refractivity contribution in [3.8, 4) is 5.75 Å². The summed E-state index contributed by atoms with van der Waals surface area (Å²) < 4.78 is 0. The molecule has 1 aromatic carbocycles. The van der Waals surface area contributed by atoms with Crippen LogP contribution >= 0.6 is 11.6 Å². The van der Waals surface area contributed by atoms with E-state index in [1.807, 2.05) is 0 Å². The molecule has 0 radical (unpaired) electrons. The molecule has 0 saturated heterocycles. The van der Waals surface area contributed by atoms with Crippen molar-refractivity contribution in [2.24, 2.45) is 0 Å². The molecule has 1 aromatic rings. The lowest BCUT2D eigenvalue weighted by molar-refractivity contribution is 0.335. The van der Waals surface area contributed by atoms with Gasteiger partial charge in [0.15, 0.2) is 0 Å². The molecule has 0 heterocycles. The molecule has 0 aromatic heterocycles. The van der Waals surface area contributed by atoms with Crippen molar-refractivity contribution in [2.45, 2.75) is 33.6 Å². The fourth-order valence-corrected chi connectivity index (χ4v) is 1.72. The van der Waals surface area contributed by atoms with E-state index in [-0.39, 0.29) is 5.75 Å². The third-order valence-electron chi connectivity index (χ3n) is 2.40. The van der Waals surface area contributed by atoms with Crippen molar-refractivity contribution in [3.63, 3.8) is 0 Å². The van der Waals surface area contributed by atoms with Gasteiger partial charge in [0.1, 0.15) is 5.75 Å². The number of halogens is 1. The number of benzene rings is 1. The van der Waals surface area contributed by atoms with Crippen LogP contribution in [0.5, 0.6) is 5.75 Å². The van der Waals surface area contributed by atoms with Gasteiger partial charge in [-0.1, -0.05) is 37.6 Å². The molecule has 0 aliphatic carbocycles. The van der Waals surface area contributed by atoms with E-state index in [1.54, 1.807) is 25.1 Å². The van der Waals surface area contributed by atoms with Crippen LogP contribution in [-0.2, 0) is 0 Å². The van der Waals surface area contributed by atoms with Crippen molar-refractivity contribution < 1.29 is 5.11 Å². The molecular weight excluding hydrogens is 234 g/mol. The summed E-state index contributed by atoms with van der Waals surface area (Å²) in [6.45, 7) is 8.72. The Morgan fingerprint density at radius 3 is 2.06 bits per heavy atom. The van der Waals surface area contributed by atoms with Gasteiger partial charge >= 0.3 is 0 Å². The minimum Gasteiger partial charge on any atom is -0.506 e. The van der Waals surface area contributed by atoms with Crippen LogP contribution in [0.4, 0.5) is 0 Å². The van der Waals surface area contributed by atoms with E-state index < -0.39 is 0 Å². The molecule has 0 unspecified atom stereocenters. The number of hydrogen-bond acceptors (Lipinski definition) is 2. The highest BCUT2D eigenvalue weighted by Gasteiger charge is 1.97. The van der Waals surface area contributed by atoms with Gasteiger partial charge < -0.3 is 10.0 Å². The molecule has 0 aliphatic heterocycles. The Labute approximate surface area is 110 Å². The van der Waals surface area contributed by atoms with Gasteiger partial charge in [-0.25, -0.2) is 0 Å². The summed E-state index contributed by atoms with van der Waals surface area (Å²) in [4.78, 5) is 2.36. The van der Waals surface area contributed by atoms with Crippen molar-refractivity contribution in [1.29, 1.82) is 0 Å². The Morgan fingerprint density at radius 2 is 1.71 bits per heavy atom. The molecule has 0 spiro atoms. The summed E-state index contributed by atoms with van der Waals surface area (Å²) in [6.07, 6.45) is 2.55. The highest BCUT2D eigenvalue weighted by molar-refractivity contribution is 6.32. The molecule has 0 amide bonds. The van der Waals surface area contributed by atoms with Gasteiger partial charge in [0.25, 0.3) is 0 Å². The van der Waals surface area contributed by atoms with Crippen LogP contribution in [0, 0.1) is 6.92 Å². The fourth-order valence-electron chi connectivity index (χ4n) is 1.50. The lowest BCUT2D eigenvalue weighted by Gasteiger charge is -2.12. The summed E-state index contributed by atoms with van der Waals surface area (Å²) in [5, 5.41) is 9.49. The Kier molecular flexibility index (Phi) is 8.92. The highest BCUT2D eigenvalue weighted by atomic mass is 35.5. The first-order valence-electron chi connectivity index (χ1n) is 6.15. The molecule has 0 aliphatic rings. The Hall–Kier alpha value is -0.730. The summed E-state index contributed by atoms with van der Waals surface area (Å²) in [6, 6.07) is 5.27. The monoisotopic (exact) mass is 257 g/mol. The third-order valence-corrected chi connectivity index (χ3v) is 2.70. The average molecular weight is 258 g/mol. The summed E-state index contributed by atoms with van der Waals surface area (Å²) in [5.74, 6) is 0.180. The number of phenols is 1. The van der Waals surface area contributed by atoms with Crippen LogP contribution in [0.15, 0.2) is 18.2 Å². The summed E-state index contributed by atoms with van der Waals surface area (Å²) in [5.41, 5.74) is 0.808. The Bertz CT molecular complexity index is 289. The van der Waals surface area contributed by atoms with Crippen molar-refractivity contribution in [2.75, 3.05) is 20.1 Å².